The Balaban J connectivity index is 3.78. The first-order valence-electron chi connectivity index (χ1n) is 31.3. The molecule has 0 aromatic rings. The molecule has 0 saturated carbocycles. The van der Waals surface area contributed by atoms with Crippen LogP contribution in [0.15, 0.2) is 60.8 Å². The number of phosphoric ester groups is 1. The highest BCUT2D eigenvalue weighted by Crippen LogP contribution is 2.43. The van der Waals surface area contributed by atoms with Gasteiger partial charge in [0.05, 0.1) is 19.6 Å². The number of phosphoric acid groups is 1. The minimum absolute atomic E-state index is 0.00179. The van der Waals surface area contributed by atoms with Crippen LogP contribution in [0.4, 0.5) is 0 Å². The zero-order valence-electron chi connectivity index (χ0n) is 48.3. The molecule has 10 heteroatoms. The van der Waals surface area contributed by atoms with Crippen LogP contribution < -0.4 is 5.73 Å². The van der Waals surface area contributed by atoms with Crippen molar-refractivity contribution in [1.82, 2.24) is 0 Å². The van der Waals surface area contributed by atoms with Crippen LogP contribution in [0, 0.1) is 0 Å². The molecule has 0 radical (unpaired) electrons. The molecule has 0 aliphatic heterocycles. The quantitative estimate of drug-likeness (QED) is 0.0264. The zero-order chi connectivity index (χ0) is 53.8. The van der Waals surface area contributed by atoms with Crippen molar-refractivity contribution in [3.05, 3.63) is 60.8 Å². The van der Waals surface area contributed by atoms with E-state index in [9.17, 15) is 19.0 Å². The minimum Gasteiger partial charge on any atom is -0.462 e. The first-order chi connectivity index (χ1) is 36.3. The number of esters is 2. The fraction of sp³-hybridized carbons (Fsp3) is 0.812. The summed E-state index contributed by atoms with van der Waals surface area (Å²) < 4.78 is 32.8. The lowest BCUT2D eigenvalue weighted by molar-refractivity contribution is -0.160. The largest absolute Gasteiger partial charge is 0.472 e. The summed E-state index contributed by atoms with van der Waals surface area (Å²) in [5.74, 6) is -0.967. The first kappa shape index (κ1) is 71.7. The second-order valence-electron chi connectivity index (χ2n) is 20.9. The molecule has 74 heavy (non-hydrogen) atoms. The van der Waals surface area contributed by atoms with Crippen LogP contribution in [0.2, 0.25) is 0 Å². The van der Waals surface area contributed by atoms with Gasteiger partial charge in [-0.3, -0.25) is 18.6 Å². The fourth-order valence-electron chi connectivity index (χ4n) is 9.13. The second kappa shape index (κ2) is 59.9. The second-order valence-corrected chi connectivity index (χ2v) is 22.4. The minimum atomic E-state index is -4.41. The predicted octanol–water partition coefficient (Wildman–Crippen LogP) is 19.9. The SMILES string of the molecule is CC/C=C\C/C=C\C/C=C\C/C=C\C/C=C\CC(=O)OC(COC(=O)CCCCCCCCCCCCCCCCCCCCCCCCCCCCCCCCCCCCCCCC)COP(=O)(O)OCCN. The molecule has 9 nitrogen and oxygen atoms in total. The molecule has 0 aliphatic rings. The lowest BCUT2D eigenvalue weighted by Gasteiger charge is -2.19. The maximum Gasteiger partial charge on any atom is 0.472 e. The van der Waals surface area contributed by atoms with E-state index >= 15 is 0 Å². The standard InChI is InChI=1S/C64H118NO8P/c1-3-5-7-9-11-13-15-17-19-20-21-22-23-24-25-26-27-28-29-30-31-32-33-34-35-36-37-38-39-40-41-43-44-46-48-50-52-54-56-63(66)70-60-62(61-72-74(68,69)71-59-58-65)73-64(67)57-55-53-51-49-47-45-42-18-16-14-12-10-8-6-4-2/h6,8,12,14,18,42,47,49,53,55,62H,3-5,7,9-11,13,15-17,19-41,43-46,48,50-52,54,56-61,65H2,1-2H3,(H,68,69)/b8-6-,14-12-,42-18-,49-47-,55-53-. The Morgan fingerprint density at radius 2 is 0.730 bits per heavy atom. The number of carbonyl (C=O) groups is 2. The van der Waals surface area contributed by atoms with Crippen LogP contribution in [-0.2, 0) is 32.7 Å². The normalized spacial score (nSPS) is 13.4. The monoisotopic (exact) mass is 1060 g/mol. The molecular formula is C64H118NO8P. The summed E-state index contributed by atoms with van der Waals surface area (Å²) in [7, 11) is -4.41. The molecule has 0 saturated heterocycles. The summed E-state index contributed by atoms with van der Waals surface area (Å²) in [5.41, 5.74) is 5.37. The Morgan fingerprint density at radius 3 is 1.05 bits per heavy atom. The molecule has 0 aromatic carbocycles. The summed E-state index contributed by atoms with van der Waals surface area (Å²) in [6.45, 7) is 3.55. The first-order valence-corrected chi connectivity index (χ1v) is 32.8. The van der Waals surface area contributed by atoms with E-state index in [2.05, 4.69) is 56.4 Å². The van der Waals surface area contributed by atoms with Gasteiger partial charge in [-0.15, -0.1) is 0 Å². The van der Waals surface area contributed by atoms with Gasteiger partial charge in [-0.1, -0.05) is 312 Å². The Kier molecular flexibility index (Phi) is 58.1. The third kappa shape index (κ3) is 59.0. The van der Waals surface area contributed by atoms with Gasteiger partial charge in [-0.25, -0.2) is 4.57 Å². The number of hydrogen-bond acceptors (Lipinski definition) is 8. The molecule has 2 atom stereocenters. The van der Waals surface area contributed by atoms with Crippen molar-refractivity contribution in [3.63, 3.8) is 0 Å². The zero-order valence-corrected chi connectivity index (χ0v) is 49.2. The average Bonchev–Trinajstić information content (AvgIpc) is 3.39. The van der Waals surface area contributed by atoms with E-state index in [1.165, 1.54) is 225 Å². The summed E-state index contributed by atoms with van der Waals surface area (Å²) in [4.78, 5) is 35.0. The fourth-order valence-corrected chi connectivity index (χ4v) is 9.89. The lowest BCUT2D eigenvalue weighted by Crippen LogP contribution is -2.29. The van der Waals surface area contributed by atoms with Crippen LogP contribution >= 0.6 is 7.82 Å². The molecular weight excluding hydrogens is 942 g/mol. The van der Waals surface area contributed by atoms with E-state index in [1.807, 2.05) is 12.2 Å². The average molecular weight is 1060 g/mol. The highest BCUT2D eigenvalue weighted by molar-refractivity contribution is 7.47. The highest BCUT2D eigenvalue weighted by atomic mass is 31.2. The molecule has 0 aliphatic carbocycles. The highest BCUT2D eigenvalue weighted by Gasteiger charge is 2.25. The summed E-state index contributed by atoms with van der Waals surface area (Å²) in [6.07, 6.45) is 76.6. The van der Waals surface area contributed by atoms with Gasteiger partial charge in [0.15, 0.2) is 6.10 Å². The molecule has 0 heterocycles. The third-order valence-electron chi connectivity index (χ3n) is 13.7. The molecule has 0 bridgehead atoms. The number of unbranched alkanes of at least 4 members (excludes halogenated alkanes) is 37. The number of rotatable bonds is 59. The van der Waals surface area contributed by atoms with Gasteiger partial charge < -0.3 is 20.1 Å². The Hall–Kier alpha value is -2.29. The summed E-state index contributed by atoms with van der Waals surface area (Å²) in [5, 5.41) is 0. The van der Waals surface area contributed by atoms with Crippen LogP contribution in [-0.4, -0.2) is 49.3 Å². The number of nitrogens with two attached hydrogens (primary N) is 1. The smallest absolute Gasteiger partial charge is 0.462 e. The number of hydrogen-bond donors (Lipinski definition) is 2. The van der Waals surface area contributed by atoms with E-state index in [4.69, 9.17) is 24.3 Å². The van der Waals surface area contributed by atoms with Crippen molar-refractivity contribution in [2.45, 2.75) is 309 Å². The molecule has 0 amide bonds. The Labute approximate surface area is 457 Å². The van der Waals surface area contributed by atoms with E-state index in [0.717, 1.165) is 44.9 Å². The van der Waals surface area contributed by atoms with E-state index in [1.54, 1.807) is 6.08 Å². The van der Waals surface area contributed by atoms with Crippen molar-refractivity contribution in [3.8, 4) is 0 Å². The predicted molar refractivity (Wildman–Crippen MR) is 316 cm³/mol. The number of ether oxygens (including phenoxy) is 2. The Morgan fingerprint density at radius 1 is 0.419 bits per heavy atom. The van der Waals surface area contributed by atoms with E-state index < -0.39 is 32.5 Å². The topological polar surface area (TPSA) is 134 Å². The molecule has 2 unspecified atom stereocenters. The third-order valence-corrected chi connectivity index (χ3v) is 14.7. The number of carbonyl (C=O) groups excluding carboxylic acids is 2. The van der Waals surface area contributed by atoms with E-state index in [0.29, 0.717) is 6.42 Å². The summed E-state index contributed by atoms with van der Waals surface area (Å²) >= 11 is 0. The molecule has 0 aromatic heterocycles. The van der Waals surface area contributed by atoms with Crippen molar-refractivity contribution < 1.29 is 37.6 Å². The van der Waals surface area contributed by atoms with Gasteiger partial charge >= 0.3 is 19.8 Å². The van der Waals surface area contributed by atoms with Gasteiger partial charge in [0.2, 0.25) is 0 Å². The van der Waals surface area contributed by atoms with Crippen molar-refractivity contribution in [2.75, 3.05) is 26.4 Å². The van der Waals surface area contributed by atoms with Gasteiger partial charge in [0.1, 0.15) is 6.61 Å². The van der Waals surface area contributed by atoms with Crippen molar-refractivity contribution in [1.29, 1.82) is 0 Å². The van der Waals surface area contributed by atoms with Gasteiger partial charge in [0, 0.05) is 13.0 Å². The van der Waals surface area contributed by atoms with Crippen LogP contribution in [0.25, 0.3) is 0 Å². The Bertz CT molecular complexity index is 1390. The van der Waals surface area contributed by atoms with E-state index in [-0.39, 0.29) is 32.6 Å². The molecule has 0 rings (SSSR count). The lowest BCUT2D eigenvalue weighted by atomic mass is 10.0. The maximum atomic E-state index is 12.6. The van der Waals surface area contributed by atoms with Crippen LogP contribution in [0.3, 0.4) is 0 Å². The number of allylic oxidation sites excluding steroid dienone is 9. The molecule has 0 fully saturated rings. The molecule has 3 N–H and O–H groups in total. The maximum absolute atomic E-state index is 12.6. The van der Waals surface area contributed by atoms with Gasteiger partial charge in [-0.05, 0) is 38.5 Å². The van der Waals surface area contributed by atoms with Crippen LogP contribution in [0.5, 0.6) is 0 Å². The molecule has 432 valence electrons. The van der Waals surface area contributed by atoms with Gasteiger partial charge in [-0.2, -0.15) is 0 Å². The van der Waals surface area contributed by atoms with Gasteiger partial charge in [0.25, 0.3) is 0 Å². The van der Waals surface area contributed by atoms with Crippen molar-refractivity contribution >= 4 is 19.8 Å². The van der Waals surface area contributed by atoms with Crippen LogP contribution in [0.1, 0.15) is 303 Å². The molecule has 0 spiro atoms. The summed E-state index contributed by atoms with van der Waals surface area (Å²) in [6, 6.07) is 0. The van der Waals surface area contributed by atoms with Crippen molar-refractivity contribution in [2.24, 2.45) is 5.73 Å².